The summed E-state index contributed by atoms with van der Waals surface area (Å²) in [6.45, 7) is 2.53. The minimum atomic E-state index is -0.315. The van der Waals surface area contributed by atoms with Crippen LogP contribution in [0.4, 0.5) is 6.01 Å². The van der Waals surface area contributed by atoms with Crippen molar-refractivity contribution in [2.24, 2.45) is 0 Å². The Morgan fingerprint density at radius 2 is 1.83 bits per heavy atom. The fraction of sp³-hybridized carbons (Fsp3) is 0.118. The van der Waals surface area contributed by atoms with Crippen molar-refractivity contribution in [2.45, 2.75) is 6.92 Å². The lowest BCUT2D eigenvalue weighted by atomic mass is 10.2. The van der Waals surface area contributed by atoms with Crippen LogP contribution in [0, 0.1) is 0 Å². The van der Waals surface area contributed by atoms with Crippen LogP contribution >= 0.6 is 15.9 Å². The van der Waals surface area contributed by atoms with E-state index in [1.807, 2.05) is 31.2 Å². The zero-order chi connectivity index (χ0) is 16.9. The molecule has 0 aliphatic carbocycles. The maximum absolute atomic E-state index is 12.1. The molecule has 1 N–H and O–H groups in total. The van der Waals surface area contributed by atoms with Crippen LogP contribution < -0.4 is 10.1 Å². The standard InChI is InChI=1S/C17H14BrN3O3/c1-2-23-14-9-5-12(6-10-14)16-20-21-17(24-16)19-15(22)11-3-7-13(18)8-4-11/h3-10H,2H2,1H3,(H,19,21,22). The SMILES string of the molecule is CCOc1ccc(-c2nnc(NC(=O)c3ccc(Br)cc3)o2)cc1. The monoisotopic (exact) mass is 387 g/mol. The van der Waals surface area contributed by atoms with Crippen LogP contribution in [0.25, 0.3) is 11.5 Å². The molecule has 0 aliphatic rings. The first-order chi connectivity index (χ1) is 11.7. The van der Waals surface area contributed by atoms with Gasteiger partial charge >= 0.3 is 6.01 Å². The molecule has 0 atom stereocenters. The summed E-state index contributed by atoms with van der Waals surface area (Å²) in [6.07, 6.45) is 0. The van der Waals surface area contributed by atoms with E-state index in [1.165, 1.54) is 0 Å². The van der Waals surface area contributed by atoms with Gasteiger partial charge in [-0.1, -0.05) is 21.0 Å². The second-order valence-corrected chi connectivity index (χ2v) is 5.75. The summed E-state index contributed by atoms with van der Waals surface area (Å²) in [5.41, 5.74) is 1.24. The number of nitrogens with one attached hydrogen (secondary N) is 1. The predicted molar refractivity (Wildman–Crippen MR) is 93.0 cm³/mol. The van der Waals surface area contributed by atoms with Crippen molar-refractivity contribution in [2.75, 3.05) is 11.9 Å². The average Bonchev–Trinajstić information content (AvgIpc) is 3.05. The number of hydrogen-bond acceptors (Lipinski definition) is 5. The molecule has 0 radical (unpaired) electrons. The quantitative estimate of drug-likeness (QED) is 0.711. The number of carbonyl (C=O) groups is 1. The fourth-order valence-corrected chi connectivity index (χ4v) is 2.29. The molecule has 24 heavy (non-hydrogen) atoms. The Bertz CT molecular complexity index is 829. The van der Waals surface area contributed by atoms with Crippen molar-refractivity contribution in [3.05, 3.63) is 58.6 Å². The Labute approximate surface area is 147 Å². The maximum Gasteiger partial charge on any atom is 0.322 e. The summed E-state index contributed by atoms with van der Waals surface area (Å²) in [4.78, 5) is 12.1. The van der Waals surface area contributed by atoms with E-state index in [-0.39, 0.29) is 11.9 Å². The predicted octanol–water partition coefficient (Wildman–Crippen LogP) is 4.15. The zero-order valence-electron chi connectivity index (χ0n) is 12.8. The van der Waals surface area contributed by atoms with Crippen LogP contribution in [0.1, 0.15) is 17.3 Å². The minimum Gasteiger partial charge on any atom is -0.494 e. The van der Waals surface area contributed by atoms with Gasteiger partial charge in [-0.3, -0.25) is 10.1 Å². The smallest absolute Gasteiger partial charge is 0.322 e. The summed E-state index contributed by atoms with van der Waals surface area (Å²) in [5, 5.41) is 10.4. The molecule has 3 aromatic rings. The Balaban J connectivity index is 1.71. The van der Waals surface area contributed by atoms with Gasteiger partial charge in [0, 0.05) is 15.6 Å². The van der Waals surface area contributed by atoms with Crippen molar-refractivity contribution < 1.29 is 13.9 Å². The third-order valence-electron chi connectivity index (χ3n) is 3.16. The molecule has 1 heterocycles. The third-order valence-corrected chi connectivity index (χ3v) is 3.69. The molecular formula is C17H14BrN3O3. The third kappa shape index (κ3) is 3.80. The van der Waals surface area contributed by atoms with Crippen LogP contribution in [0.3, 0.4) is 0 Å². The van der Waals surface area contributed by atoms with Gasteiger partial charge in [0.2, 0.25) is 5.89 Å². The van der Waals surface area contributed by atoms with Gasteiger partial charge in [-0.2, -0.15) is 0 Å². The number of benzene rings is 2. The molecule has 7 heteroatoms. The van der Waals surface area contributed by atoms with Crippen molar-refractivity contribution in [3.63, 3.8) is 0 Å². The highest BCUT2D eigenvalue weighted by molar-refractivity contribution is 9.10. The molecule has 0 saturated heterocycles. The lowest BCUT2D eigenvalue weighted by Crippen LogP contribution is -2.11. The first-order valence-corrected chi connectivity index (χ1v) is 8.08. The molecule has 1 aromatic heterocycles. The molecule has 0 bridgehead atoms. The molecule has 0 fully saturated rings. The summed E-state index contributed by atoms with van der Waals surface area (Å²) in [5.74, 6) is 0.776. The molecular weight excluding hydrogens is 374 g/mol. The van der Waals surface area contributed by atoms with Gasteiger partial charge in [0.25, 0.3) is 5.91 Å². The molecule has 122 valence electrons. The van der Waals surface area contributed by atoms with Gasteiger partial charge in [-0.15, -0.1) is 5.10 Å². The molecule has 0 unspecified atom stereocenters. The van der Waals surface area contributed by atoms with Crippen LogP contribution in [-0.4, -0.2) is 22.7 Å². The van der Waals surface area contributed by atoms with E-state index in [0.717, 1.165) is 15.8 Å². The lowest BCUT2D eigenvalue weighted by molar-refractivity contribution is 0.102. The van der Waals surface area contributed by atoms with E-state index >= 15 is 0 Å². The van der Waals surface area contributed by atoms with Crippen molar-refractivity contribution >= 4 is 27.9 Å². The normalized spacial score (nSPS) is 10.4. The van der Waals surface area contributed by atoms with E-state index in [9.17, 15) is 4.79 Å². The second-order valence-electron chi connectivity index (χ2n) is 4.83. The lowest BCUT2D eigenvalue weighted by Gasteiger charge is -2.02. The van der Waals surface area contributed by atoms with Crippen molar-refractivity contribution in [1.82, 2.24) is 10.2 Å². The Morgan fingerprint density at radius 1 is 1.12 bits per heavy atom. The molecule has 2 aromatic carbocycles. The van der Waals surface area contributed by atoms with Gasteiger partial charge in [0.1, 0.15) is 5.75 Å². The fourth-order valence-electron chi connectivity index (χ4n) is 2.02. The number of hydrogen-bond donors (Lipinski definition) is 1. The Morgan fingerprint density at radius 3 is 2.50 bits per heavy atom. The first kappa shape index (κ1) is 16.2. The number of aromatic nitrogens is 2. The number of halogens is 1. The number of ether oxygens (including phenoxy) is 1. The Kier molecular flexibility index (Phi) is 4.90. The van der Waals surface area contributed by atoms with E-state index in [2.05, 4.69) is 31.4 Å². The van der Waals surface area contributed by atoms with Crippen LogP contribution in [0.2, 0.25) is 0 Å². The Hall–Kier alpha value is -2.67. The topological polar surface area (TPSA) is 77.3 Å². The summed E-state index contributed by atoms with van der Waals surface area (Å²) in [7, 11) is 0. The maximum atomic E-state index is 12.1. The largest absolute Gasteiger partial charge is 0.494 e. The summed E-state index contributed by atoms with van der Waals surface area (Å²) in [6, 6.07) is 14.3. The first-order valence-electron chi connectivity index (χ1n) is 7.29. The number of amides is 1. The average molecular weight is 388 g/mol. The van der Waals surface area contributed by atoms with Gasteiger partial charge in [0.15, 0.2) is 0 Å². The summed E-state index contributed by atoms with van der Waals surface area (Å²) < 4.78 is 11.8. The van der Waals surface area contributed by atoms with E-state index in [1.54, 1.807) is 24.3 Å². The highest BCUT2D eigenvalue weighted by Gasteiger charge is 2.12. The molecule has 6 nitrogen and oxygen atoms in total. The van der Waals surface area contributed by atoms with Crippen molar-refractivity contribution in [1.29, 1.82) is 0 Å². The van der Waals surface area contributed by atoms with Crippen LogP contribution in [0.5, 0.6) is 5.75 Å². The van der Waals surface area contributed by atoms with Crippen LogP contribution in [-0.2, 0) is 0 Å². The van der Waals surface area contributed by atoms with Gasteiger partial charge in [0.05, 0.1) is 6.61 Å². The van der Waals surface area contributed by atoms with E-state index < -0.39 is 0 Å². The minimum absolute atomic E-state index is 0.0480. The highest BCUT2D eigenvalue weighted by atomic mass is 79.9. The number of anilines is 1. The molecule has 1 amide bonds. The highest BCUT2D eigenvalue weighted by Crippen LogP contribution is 2.23. The van der Waals surface area contributed by atoms with Crippen LogP contribution in [0.15, 0.2) is 57.4 Å². The van der Waals surface area contributed by atoms with Gasteiger partial charge < -0.3 is 9.15 Å². The molecule has 0 spiro atoms. The number of carbonyl (C=O) groups excluding carboxylic acids is 1. The molecule has 3 rings (SSSR count). The zero-order valence-corrected chi connectivity index (χ0v) is 14.4. The summed E-state index contributed by atoms with van der Waals surface area (Å²) >= 11 is 3.32. The number of nitrogens with zero attached hydrogens (tertiary/aromatic N) is 2. The van der Waals surface area contributed by atoms with Gasteiger partial charge in [-0.25, -0.2) is 0 Å². The molecule has 0 saturated carbocycles. The van der Waals surface area contributed by atoms with Gasteiger partial charge in [-0.05, 0) is 55.5 Å². The van der Waals surface area contributed by atoms with E-state index in [4.69, 9.17) is 9.15 Å². The van der Waals surface area contributed by atoms with Crippen molar-refractivity contribution in [3.8, 4) is 17.2 Å². The molecule has 0 aliphatic heterocycles. The number of rotatable bonds is 5. The van der Waals surface area contributed by atoms with E-state index in [0.29, 0.717) is 18.1 Å². The second kappa shape index (κ2) is 7.27.